The maximum atomic E-state index is 14.3. The van der Waals surface area contributed by atoms with Gasteiger partial charge < -0.3 is 9.88 Å². The highest BCUT2D eigenvalue weighted by molar-refractivity contribution is 7.89. The van der Waals surface area contributed by atoms with Crippen LogP contribution in [0.15, 0.2) is 47.5 Å². The van der Waals surface area contributed by atoms with Crippen LogP contribution in [0.2, 0.25) is 0 Å². The smallest absolute Gasteiger partial charge is 0.256 e. The Morgan fingerprint density at radius 3 is 2.69 bits per heavy atom. The molecule has 0 atom stereocenters. The quantitative estimate of drug-likeness (QED) is 0.684. The largest absolute Gasteiger partial charge is 0.357 e. The minimum absolute atomic E-state index is 0.134. The summed E-state index contributed by atoms with van der Waals surface area (Å²) >= 11 is 0. The first-order chi connectivity index (χ1) is 13.9. The van der Waals surface area contributed by atoms with Gasteiger partial charge in [0.2, 0.25) is 10.0 Å². The van der Waals surface area contributed by atoms with Gasteiger partial charge in [0.25, 0.3) is 5.91 Å². The van der Waals surface area contributed by atoms with Crippen LogP contribution in [0.5, 0.6) is 0 Å². The molecule has 4 rings (SSSR count). The fourth-order valence-electron chi connectivity index (χ4n) is 3.71. The molecular formula is C20H21FN4O3S. The zero-order valence-electron chi connectivity index (χ0n) is 15.9. The Kier molecular flexibility index (Phi) is 5.10. The zero-order valence-corrected chi connectivity index (χ0v) is 16.7. The van der Waals surface area contributed by atoms with Crippen LogP contribution in [0.1, 0.15) is 34.8 Å². The summed E-state index contributed by atoms with van der Waals surface area (Å²) in [5.74, 6) is -0.963. The van der Waals surface area contributed by atoms with Crippen LogP contribution in [-0.2, 0) is 10.0 Å². The Morgan fingerprint density at radius 1 is 1.24 bits per heavy atom. The zero-order chi connectivity index (χ0) is 20.6. The van der Waals surface area contributed by atoms with Crippen LogP contribution in [0.3, 0.4) is 0 Å². The molecule has 2 aromatic heterocycles. The second kappa shape index (κ2) is 7.57. The van der Waals surface area contributed by atoms with Gasteiger partial charge in [-0.2, -0.15) is 0 Å². The number of carbonyl (C=O) groups excluding carboxylic acids is 1. The van der Waals surface area contributed by atoms with Gasteiger partial charge in [0, 0.05) is 30.9 Å². The van der Waals surface area contributed by atoms with Crippen molar-refractivity contribution in [3.8, 4) is 0 Å². The van der Waals surface area contributed by atoms with E-state index >= 15 is 0 Å². The summed E-state index contributed by atoms with van der Waals surface area (Å²) in [6.45, 7) is 0.934. The van der Waals surface area contributed by atoms with Crippen LogP contribution >= 0.6 is 0 Å². The van der Waals surface area contributed by atoms with Gasteiger partial charge in [-0.05, 0) is 56.3 Å². The molecule has 1 aromatic carbocycles. The number of aromatic nitrogens is 2. The highest BCUT2D eigenvalue weighted by Gasteiger charge is 2.28. The summed E-state index contributed by atoms with van der Waals surface area (Å²) in [5, 5.41) is 0. The van der Waals surface area contributed by atoms with E-state index in [1.165, 1.54) is 7.05 Å². The molecule has 3 heterocycles. The van der Waals surface area contributed by atoms with Crippen LogP contribution in [0, 0.1) is 5.82 Å². The number of halogens is 1. The number of hydrogen-bond donors (Lipinski definition) is 2. The van der Waals surface area contributed by atoms with Gasteiger partial charge in [-0.25, -0.2) is 17.5 Å². The monoisotopic (exact) mass is 416 g/mol. The minimum atomic E-state index is -3.76. The molecular weight excluding hydrogens is 395 g/mol. The van der Waals surface area contributed by atoms with Gasteiger partial charge in [-0.3, -0.25) is 9.78 Å². The molecule has 3 aromatic rings. The second-order valence-electron chi connectivity index (χ2n) is 7.08. The number of nitrogens with zero attached hydrogens (tertiary/aromatic N) is 2. The van der Waals surface area contributed by atoms with Gasteiger partial charge in [0.1, 0.15) is 5.82 Å². The van der Waals surface area contributed by atoms with E-state index in [9.17, 15) is 17.6 Å². The van der Waals surface area contributed by atoms with E-state index in [2.05, 4.69) is 14.7 Å². The van der Waals surface area contributed by atoms with Crippen LogP contribution in [0.4, 0.5) is 4.39 Å². The van der Waals surface area contributed by atoms with Crippen molar-refractivity contribution in [1.82, 2.24) is 19.6 Å². The molecule has 0 aliphatic carbocycles. The Bertz CT molecular complexity index is 1130. The SMILES string of the molecule is CNS(=O)(=O)c1ccc(F)c(C(=O)N2CCC(c3cc4ncccc4[nH]3)CC2)c1. The van der Waals surface area contributed by atoms with E-state index in [0.717, 1.165) is 47.8 Å². The maximum Gasteiger partial charge on any atom is 0.256 e. The first-order valence-electron chi connectivity index (χ1n) is 9.35. The lowest BCUT2D eigenvalue weighted by atomic mass is 9.93. The van der Waals surface area contributed by atoms with Gasteiger partial charge in [0.05, 0.1) is 21.5 Å². The number of piperidine rings is 1. The topological polar surface area (TPSA) is 95.2 Å². The molecule has 1 saturated heterocycles. The van der Waals surface area contributed by atoms with Gasteiger partial charge >= 0.3 is 0 Å². The predicted octanol–water partition coefficient (Wildman–Crippen LogP) is 2.63. The Morgan fingerprint density at radius 2 is 2.00 bits per heavy atom. The molecule has 7 nitrogen and oxygen atoms in total. The van der Waals surface area contributed by atoms with E-state index in [1.807, 2.05) is 18.2 Å². The highest BCUT2D eigenvalue weighted by atomic mass is 32.2. The molecule has 2 N–H and O–H groups in total. The van der Waals surface area contributed by atoms with E-state index in [-0.39, 0.29) is 16.4 Å². The maximum absolute atomic E-state index is 14.3. The van der Waals surface area contributed by atoms with Crippen molar-refractivity contribution in [2.24, 2.45) is 0 Å². The lowest BCUT2D eigenvalue weighted by Gasteiger charge is -2.31. The molecule has 0 radical (unpaired) electrons. The third-order valence-electron chi connectivity index (χ3n) is 5.38. The summed E-state index contributed by atoms with van der Waals surface area (Å²) in [6, 6.07) is 9.14. The predicted molar refractivity (Wildman–Crippen MR) is 107 cm³/mol. The van der Waals surface area contributed by atoms with E-state index in [0.29, 0.717) is 13.1 Å². The molecule has 1 amide bonds. The number of amides is 1. The molecule has 152 valence electrons. The fraction of sp³-hybridized carbons (Fsp3) is 0.300. The van der Waals surface area contributed by atoms with Gasteiger partial charge in [0.15, 0.2) is 0 Å². The summed E-state index contributed by atoms with van der Waals surface area (Å²) < 4.78 is 40.4. The summed E-state index contributed by atoms with van der Waals surface area (Å²) in [4.78, 5) is 22.0. The summed E-state index contributed by atoms with van der Waals surface area (Å²) in [6.07, 6.45) is 3.21. The van der Waals surface area contributed by atoms with Crippen LogP contribution < -0.4 is 4.72 Å². The molecule has 9 heteroatoms. The van der Waals surface area contributed by atoms with Crippen molar-refractivity contribution >= 4 is 27.0 Å². The number of pyridine rings is 1. The third-order valence-corrected chi connectivity index (χ3v) is 6.79. The first kappa shape index (κ1) is 19.5. The van der Waals surface area contributed by atoms with Gasteiger partial charge in [-0.1, -0.05) is 0 Å². The number of carbonyl (C=O) groups is 1. The molecule has 1 fully saturated rings. The number of H-pyrrole nitrogens is 1. The lowest BCUT2D eigenvalue weighted by Crippen LogP contribution is -2.38. The molecule has 1 aliphatic rings. The number of fused-ring (bicyclic) bond motifs is 1. The van der Waals surface area contributed by atoms with Crippen molar-refractivity contribution in [3.63, 3.8) is 0 Å². The number of benzene rings is 1. The van der Waals surface area contributed by atoms with E-state index in [1.54, 1.807) is 11.1 Å². The number of likely N-dealkylation sites (tertiary alicyclic amines) is 1. The summed E-state index contributed by atoms with van der Waals surface area (Å²) in [5.41, 5.74) is 2.74. The average Bonchev–Trinajstić information content (AvgIpc) is 3.18. The normalized spacial score (nSPS) is 15.7. The van der Waals surface area contributed by atoms with Crippen molar-refractivity contribution in [3.05, 3.63) is 59.7 Å². The Hall–Kier alpha value is -2.78. The third kappa shape index (κ3) is 3.75. The van der Waals surface area contributed by atoms with Crippen molar-refractivity contribution in [2.45, 2.75) is 23.7 Å². The number of sulfonamides is 1. The molecule has 1 aliphatic heterocycles. The molecule has 0 unspecified atom stereocenters. The van der Waals surface area contributed by atoms with Gasteiger partial charge in [-0.15, -0.1) is 0 Å². The fourth-order valence-corrected chi connectivity index (χ4v) is 4.47. The Labute approximate surface area is 168 Å². The standard InChI is InChI=1S/C20H21FN4O3S/c1-22-29(27,28)14-4-5-16(21)15(11-14)20(26)25-9-6-13(7-10-25)18-12-19-17(24-18)3-2-8-23-19/h2-5,8,11-13,22,24H,6-7,9-10H2,1H3. The number of rotatable bonds is 4. The summed E-state index contributed by atoms with van der Waals surface area (Å²) in [7, 11) is -2.49. The molecule has 0 spiro atoms. The van der Waals surface area contributed by atoms with Crippen molar-refractivity contribution < 1.29 is 17.6 Å². The van der Waals surface area contributed by atoms with E-state index < -0.39 is 21.7 Å². The van der Waals surface area contributed by atoms with Crippen molar-refractivity contribution in [2.75, 3.05) is 20.1 Å². The number of nitrogens with one attached hydrogen (secondary N) is 2. The van der Waals surface area contributed by atoms with Crippen molar-refractivity contribution in [1.29, 1.82) is 0 Å². The minimum Gasteiger partial charge on any atom is -0.357 e. The number of aromatic amines is 1. The number of hydrogen-bond acceptors (Lipinski definition) is 4. The molecule has 0 bridgehead atoms. The first-order valence-corrected chi connectivity index (χ1v) is 10.8. The average molecular weight is 416 g/mol. The lowest BCUT2D eigenvalue weighted by molar-refractivity contribution is 0.0707. The second-order valence-corrected chi connectivity index (χ2v) is 8.96. The Balaban J connectivity index is 1.50. The van der Waals surface area contributed by atoms with Crippen LogP contribution in [0.25, 0.3) is 11.0 Å². The highest BCUT2D eigenvalue weighted by Crippen LogP contribution is 2.30. The van der Waals surface area contributed by atoms with Crippen LogP contribution in [-0.4, -0.2) is 49.3 Å². The molecule has 0 saturated carbocycles. The van der Waals surface area contributed by atoms with E-state index in [4.69, 9.17) is 0 Å². The molecule has 29 heavy (non-hydrogen) atoms.